The Morgan fingerprint density at radius 3 is 2.77 bits per heavy atom. The summed E-state index contributed by atoms with van der Waals surface area (Å²) in [4.78, 5) is 27.8. The number of aryl methyl sites for hydroxylation is 1. The lowest BCUT2D eigenvalue weighted by atomic mass is 10.1. The standard InChI is InChI=1S/C17H19N3O2/c1-11-8-13(14-4-2-3-5-15(14)20-11)9-18-16(21)10-19-17(22)12-6-7-12/h2-5,8,12H,6-7,9-10H2,1H3,(H,18,21)(H,19,22). The molecule has 0 atom stereocenters. The highest BCUT2D eigenvalue weighted by Gasteiger charge is 2.29. The van der Waals surface area contributed by atoms with Crippen molar-refractivity contribution in [3.05, 3.63) is 41.6 Å². The molecule has 0 saturated heterocycles. The Kier molecular flexibility index (Phi) is 4.04. The smallest absolute Gasteiger partial charge is 0.239 e. The lowest BCUT2D eigenvalue weighted by Crippen LogP contribution is -2.37. The van der Waals surface area contributed by atoms with E-state index in [1.54, 1.807) is 0 Å². The predicted octanol–water partition coefficient (Wildman–Crippen LogP) is 1.69. The van der Waals surface area contributed by atoms with Gasteiger partial charge in [0.25, 0.3) is 0 Å². The van der Waals surface area contributed by atoms with Crippen molar-refractivity contribution >= 4 is 22.7 Å². The van der Waals surface area contributed by atoms with E-state index in [2.05, 4.69) is 15.6 Å². The minimum absolute atomic E-state index is 0.0136. The molecule has 3 rings (SSSR count). The molecule has 5 heteroatoms. The first-order valence-corrected chi connectivity index (χ1v) is 7.53. The molecule has 1 aromatic heterocycles. The maximum absolute atomic E-state index is 11.8. The van der Waals surface area contributed by atoms with Gasteiger partial charge in [0, 0.05) is 23.5 Å². The van der Waals surface area contributed by atoms with Gasteiger partial charge >= 0.3 is 0 Å². The van der Waals surface area contributed by atoms with E-state index in [4.69, 9.17) is 0 Å². The molecule has 1 aromatic carbocycles. The van der Waals surface area contributed by atoms with Crippen LogP contribution in [0.3, 0.4) is 0 Å². The lowest BCUT2D eigenvalue weighted by Gasteiger charge is -2.10. The number of hydrogen-bond acceptors (Lipinski definition) is 3. The summed E-state index contributed by atoms with van der Waals surface area (Å²) in [5, 5.41) is 6.55. The van der Waals surface area contributed by atoms with Crippen LogP contribution in [0.15, 0.2) is 30.3 Å². The maximum atomic E-state index is 11.8. The van der Waals surface area contributed by atoms with Crippen molar-refractivity contribution in [3.63, 3.8) is 0 Å². The summed E-state index contributed by atoms with van der Waals surface area (Å²) in [6.07, 6.45) is 1.88. The van der Waals surface area contributed by atoms with Gasteiger partial charge in [-0.2, -0.15) is 0 Å². The van der Waals surface area contributed by atoms with Gasteiger partial charge in [-0.05, 0) is 37.5 Å². The third-order valence-electron chi connectivity index (χ3n) is 3.78. The highest BCUT2D eigenvalue weighted by Crippen LogP contribution is 2.28. The molecular formula is C17H19N3O2. The second-order valence-corrected chi connectivity index (χ2v) is 5.71. The van der Waals surface area contributed by atoms with Crippen molar-refractivity contribution in [3.8, 4) is 0 Å². The second kappa shape index (κ2) is 6.13. The van der Waals surface area contributed by atoms with E-state index in [9.17, 15) is 9.59 Å². The van der Waals surface area contributed by atoms with Crippen LogP contribution in [0.5, 0.6) is 0 Å². The van der Waals surface area contributed by atoms with Gasteiger partial charge < -0.3 is 10.6 Å². The molecular weight excluding hydrogens is 278 g/mol. The molecule has 5 nitrogen and oxygen atoms in total. The third-order valence-corrected chi connectivity index (χ3v) is 3.78. The molecule has 2 aromatic rings. The minimum atomic E-state index is -0.174. The molecule has 1 fully saturated rings. The number of hydrogen-bond donors (Lipinski definition) is 2. The number of nitrogens with zero attached hydrogens (tertiary/aromatic N) is 1. The molecule has 0 bridgehead atoms. The van der Waals surface area contributed by atoms with Crippen molar-refractivity contribution in [2.45, 2.75) is 26.3 Å². The highest BCUT2D eigenvalue weighted by molar-refractivity contribution is 5.87. The fourth-order valence-electron chi connectivity index (χ4n) is 2.45. The van der Waals surface area contributed by atoms with Crippen molar-refractivity contribution in [1.29, 1.82) is 0 Å². The number of benzene rings is 1. The van der Waals surface area contributed by atoms with Gasteiger partial charge in [-0.3, -0.25) is 14.6 Å². The van der Waals surface area contributed by atoms with E-state index in [1.165, 1.54) is 0 Å². The monoisotopic (exact) mass is 297 g/mol. The number of para-hydroxylation sites is 1. The van der Waals surface area contributed by atoms with Crippen molar-refractivity contribution < 1.29 is 9.59 Å². The number of aromatic nitrogens is 1. The van der Waals surface area contributed by atoms with E-state index in [0.29, 0.717) is 6.54 Å². The maximum Gasteiger partial charge on any atom is 0.239 e. The molecule has 1 saturated carbocycles. The van der Waals surface area contributed by atoms with Crippen molar-refractivity contribution in [2.24, 2.45) is 5.92 Å². The molecule has 2 amide bonds. The van der Waals surface area contributed by atoms with Gasteiger partial charge in [-0.25, -0.2) is 0 Å². The van der Waals surface area contributed by atoms with E-state index in [0.717, 1.165) is 35.0 Å². The summed E-state index contributed by atoms with van der Waals surface area (Å²) < 4.78 is 0. The Balaban J connectivity index is 1.61. The zero-order chi connectivity index (χ0) is 15.5. The van der Waals surface area contributed by atoms with E-state index < -0.39 is 0 Å². The minimum Gasteiger partial charge on any atom is -0.350 e. The summed E-state index contributed by atoms with van der Waals surface area (Å²) in [7, 11) is 0. The van der Waals surface area contributed by atoms with Crippen LogP contribution >= 0.6 is 0 Å². The summed E-state index contributed by atoms with van der Waals surface area (Å²) in [6, 6.07) is 9.85. The third kappa shape index (κ3) is 3.42. The summed E-state index contributed by atoms with van der Waals surface area (Å²) >= 11 is 0. The Bertz CT molecular complexity index is 723. The van der Waals surface area contributed by atoms with Crippen LogP contribution in [-0.4, -0.2) is 23.3 Å². The van der Waals surface area contributed by atoms with Crippen LogP contribution in [-0.2, 0) is 16.1 Å². The fraction of sp³-hybridized carbons (Fsp3) is 0.353. The first-order chi connectivity index (χ1) is 10.6. The number of nitrogens with one attached hydrogen (secondary N) is 2. The van der Waals surface area contributed by atoms with Gasteiger partial charge in [-0.1, -0.05) is 18.2 Å². The Morgan fingerprint density at radius 1 is 1.23 bits per heavy atom. The largest absolute Gasteiger partial charge is 0.350 e. The van der Waals surface area contributed by atoms with E-state index in [-0.39, 0.29) is 24.3 Å². The zero-order valence-electron chi connectivity index (χ0n) is 12.6. The van der Waals surface area contributed by atoms with Crippen LogP contribution in [0.2, 0.25) is 0 Å². The molecule has 0 aliphatic heterocycles. The first-order valence-electron chi connectivity index (χ1n) is 7.53. The first kappa shape index (κ1) is 14.5. The molecule has 1 aliphatic rings. The van der Waals surface area contributed by atoms with Crippen LogP contribution in [0.1, 0.15) is 24.1 Å². The predicted molar refractivity (Wildman–Crippen MR) is 84.1 cm³/mol. The van der Waals surface area contributed by atoms with Gasteiger partial charge in [-0.15, -0.1) is 0 Å². The molecule has 0 unspecified atom stereocenters. The number of pyridine rings is 1. The molecule has 2 N–H and O–H groups in total. The quantitative estimate of drug-likeness (QED) is 0.882. The summed E-state index contributed by atoms with van der Waals surface area (Å²) in [5.41, 5.74) is 2.88. The summed E-state index contributed by atoms with van der Waals surface area (Å²) in [6.45, 7) is 2.41. The number of rotatable bonds is 5. The lowest BCUT2D eigenvalue weighted by molar-refractivity contribution is -0.126. The second-order valence-electron chi connectivity index (χ2n) is 5.71. The Labute approximate surface area is 129 Å². The normalized spacial score (nSPS) is 13.9. The molecule has 114 valence electrons. The molecule has 0 radical (unpaired) electrons. The zero-order valence-corrected chi connectivity index (χ0v) is 12.6. The van der Waals surface area contributed by atoms with Crippen LogP contribution in [0.4, 0.5) is 0 Å². The number of fused-ring (bicyclic) bond motifs is 1. The van der Waals surface area contributed by atoms with Gasteiger partial charge in [0.15, 0.2) is 0 Å². The van der Waals surface area contributed by atoms with Gasteiger partial charge in [0.1, 0.15) is 0 Å². The molecule has 0 spiro atoms. The Hall–Kier alpha value is -2.43. The van der Waals surface area contributed by atoms with E-state index >= 15 is 0 Å². The number of carbonyl (C=O) groups is 2. The number of carbonyl (C=O) groups excluding carboxylic acids is 2. The SMILES string of the molecule is Cc1cc(CNC(=O)CNC(=O)C2CC2)c2ccccc2n1. The van der Waals surface area contributed by atoms with Gasteiger partial charge in [0.2, 0.25) is 11.8 Å². The van der Waals surface area contributed by atoms with Crippen LogP contribution < -0.4 is 10.6 Å². The molecule has 1 heterocycles. The molecule has 1 aliphatic carbocycles. The summed E-state index contributed by atoms with van der Waals surface area (Å²) in [5.74, 6) is -0.0625. The average molecular weight is 297 g/mol. The highest BCUT2D eigenvalue weighted by atomic mass is 16.2. The van der Waals surface area contributed by atoms with Crippen LogP contribution in [0.25, 0.3) is 10.9 Å². The number of amides is 2. The van der Waals surface area contributed by atoms with Crippen molar-refractivity contribution in [2.75, 3.05) is 6.54 Å². The fourth-order valence-corrected chi connectivity index (χ4v) is 2.45. The van der Waals surface area contributed by atoms with E-state index in [1.807, 2.05) is 37.3 Å². The topological polar surface area (TPSA) is 71.1 Å². The Morgan fingerprint density at radius 2 is 2.00 bits per heavy atom. The van der Waals surface area contributed by atoms with Gasteiger partial charge in [0.05, 0.1) is 12.1 Å². The van der Waals surface area contributed by atoms with Crippen molar-refractivity contribution in [1.82, 2.24) is 15.6 Å². The average Bonchev–Trinajstić information content (AvgIpc) is 3.35. The molecule has 22 heavy (non-hydrogen) atoms. The van der Waals surface area contributed by atoms with Crippen LogP contribution in [0, 0.1) is 12.8 Å².